The highest BCUT2D eigenvalue weighted by atomic mass is 16.5. The predicted molar refractivity (Wildman–Crippen MR) is 59.6 cm³/mol. The van der Waals surface area contributed by atoms with E-state index in [0.717, 1.165) is 0 Å². The maximum atomic E-state index is 11.5. The topological polar surface area (TPSA) is 76.1 Å². The Hall–Kier alpha value is -1.14. The van der Waals surface area contributed by atoms with Crippen molar-refractivity contribution in [1.82, 2.24) is 4.90 Å². The lowest BCUT2D eigenvalue weighted by atomic mass is 9.92. The zero-order valence-corrected chi connectivity index (χ0v) is 10.4. The number of methoxy groups -OCH3 is 1. The third kappa shape index (κ3) is 3.41. The average molecular weight is 245 g/mol. The van der Waals surface area contributed by atoms with Gasteiger partial charge in [0.15, 0.2) is 0 Å². The molecule has 6 nitrogen and oxygen atoms in total. The second-order valence-electron chi connectivity index (χ2n) is 4.77. The smallest absolute Gasteiger partial charge is 0.325 e. The van der Waals surface area contributed by atoms with Crippen LogP contribution in [0.25, 0.3) is 0 Å². The second-order valence-corrected chi connectivity index (χ2v) is 4.77. The first kappa shape index (κ1) is 13.9. The molecule has 0 aliphatic carbocycles. The van der Waals surface area contributed by atoms with Crippen molar-refractivity contribution in [3.8, 4) is 0 Å². The Balaban J connectivity index is 2.72. The van der Waals surface area contributed by atoms with E-state index in [1.165, 1.54) is 7.11 Å². The minimum absolute atomic E-state index is 0.252. The lowest BCUT2D eigenvalue weighted by molar-refractivity contribution is -0.159. The van der Waals surface area contributed by atoms with E-state index in [1.54, 1.807) is 13.8 Å². The van der Waals surface area contributed by atoms with Crippen LogP contribution in [0.5, 0.6) is 0 Å². The van der Waals surface area contributed by atoms with Crippen LogP contribution in [0, 0.1) is 5.41 Å². The van der Waals surface area contributed by atoms with Gasteiger partial charge in [-0.3, -0.25) is 14.5 Å². The maximum absolute atomic E-state index is 11.5. The highest BCUT2D eigenvalue weighted by molar-refractivity contribution is 5.77. The van der Waals surface area contributed by atoms with Gasteiger partial charge in [0.25, 0.3) is 0 Å². The van der Waals surface area contributed by atoms with Gasteiger partial charge in [-0.2, -0.15) is 0 Å². The number of carboxylic acids is 1. The molecule has 0 spiro atoms. The Kier molecular flexibility index (Phi) is 4.47. The molecule has 0 amide bonds. The summed E-state index contributed by atoms with van der Waals surface area (Å²) in [7, 11) is 1.32. The Morgan fingerprint density at radius 2 is 2.18 bits per heavy atom. The molecule has 1 rings (SSSR count). The Morgan fingerprint density at radius 3 is 2.71 bits per heavy atom. The molecule has 6 heteroatoms. The number of esters is 1. The van der Waals surface area contributed by atoms with Crippen molar-refractivity contribution in [3.05, 3.63) is 0 Å². The van der Waals surface area contributed by atoms with Gasteiger partial charge in [0, 0.05) is 13.1 Å². The quantitative estimate of drug-likeness (QED) is 0.701. The monoisotopic (exact) mass is 245 g/mol. The highest BCUT2D eigenvalue weighted by Crippen LogP contribution is 2.20. The molecule has 1 fully saturated rings. The molecule has 0 radical (unpaired) electrons. The average Bonchev–Trinajstić information content (AvgIpc) is 2.28. The van der Waals surface area contributed by atoms with E-state index in [4.69, 9.17) is 9.84 Å². The molecule has 1 heterocycles. The summed E-state index contributed by atoms with van der Waals surface area (Å²) in [6, 6.07) is -0.507. The summed E-state index contributed by atoms with van der Waals surface area (Å²) in [6.07, 6.45) is 0. The number of aliphatic carboxylic acids is 1. The fourth-order valence-electron chi connectivity index (χ4n) is 1.76. The molecule has 0 aromatic heterocycles. The maximum Gasteiger partial charge on any atom is 0.325 e. The van der Waals surface area contributed by atoms with E-state index in [0.29, 0.717) is 19.7 Å². The summed E-state index contributed by atoms with van der Waals surface area (Å²) in [5.41, 5.74) is -0.899. The SMILES string of the molecule is COC(=O)C1COCCN1CC(C)(C)C(=O)O. The van der Waals surface area contributed by atoms with Gasteiger partial charge in [0.1, 0.15) is 6.04 Å². The van der Waals surface area contributed by atoms with Crippen molar-refractivity contribution in [3.63, 3.8) is 0 Å². The molecule has 98 valence electrons. The van der Waals surface area contributed by atoms with Crippen molar-refractivity contribution in [2.24, 2.45) is 5.41 Å². The van der Waals surface area contributed by atoms with Crippen LogP contribution >= 0.6 is 0 Å². The van der Waals surface area contributed by atoms with Gasteiger partial charge in [-0.25, -0.2) is 0 Å². The zero-order chi connectivity index (χ0) is 13.1. The van der Waals surface area contributed by atoms with Crippen molar-refractivity contribution < 1.29 is 24.2 Å². The molecule has 0 aromatic rings. The van der Waals surface area contributed by atoms with Crippen LogP contribution in [0.1, 0.15) is 13.8 Å². The number of rotatable bonds is 4. The second kappa shape index (κ2) is 5.46. The third-order valence-corrected chi connectivity index (χ3v) is 2.89. The summed E-state index contributed by atoms with van der Waals surface area (Å²) < 4.78 is 9.91. The Morgan fingerprint density at radius 1 is 1.53 bits per heavy atom. The fourth-order valence-corrected chi connectivity index (χ4v) is 1.76. The Bertz CT molecular complexity index is 302. The van der Waals surface area contributed by atoms with Crippen LogP contribution in [-0.4, -0.2) is 61.4 Å². The van der Waals surface area contributed by atoms with Crippen molar-refractivity contribution >= 4 is 11.9 Å². The number of carboxylic acid groups (broad SMARTS) is 1. The molecule has 1 saturated heterocycles. The third-order valence-electron chi connectivity index (χ3n) is 2.89. The van der Waals surface area contributed by atoms with E-state index in [2.05, 4.69) is 4.74 Å². The zero-order valence-electron chi connectivity index (χ0n) is 10.4. The lowest BCUT2D eigenvalue weighted by Gasteiger charge is -2.37. The summed E-state index contributed by atoms with van der Waals surface area (Å²) >= 11 is 0. The molecule has 1 N–H and O–H groups in total. The van der Waals surface area contributed by atoms with Gasteiger partial charge in [0.2, 0.25) is 0 Å². The van der Waals surface area contributed by atoms with Gasteiger partial charge in [-0.1, -0.05) is 0 Å². The number of carbonyl (C=O) groups excluding carboxylic acids is 1. The number of hydrogen-bond acceptors (Lipinski definition) is 5. The summed E-state index contributed by atoms with van der Waals surface area (Å²) in [4.78, 5) is 24.4. The summed E-state index contributed by atoms with van der Waals surface area (Å²) in [5, 5.41) is 9.08. The molecule has 0 aromatic carbocycles. The first-order chi connectivity index (χ1) is 7.88. The van der Waals surface area contributed by atoms with Crippen molar-refractivity contribution in [1.29, 1.82) is 0 Å². The lowest BCUT2D eigenvalue weighted by Crippen LogP contribution is -2.54. The van der Waals surface area contributed by atoms with E-state index >= 15 is 0 Å². The van der Waals surface area contributed by atoms with Crippen LogP contribution in [-0.2, 0) is 19.1 Å². The molecular formula is C11H19NO5. The molecule has 1 aliphatic heterocycles. The van der Waals surface area contributed by atoms with E-state index in [9.17, 15) is 9.59 Å². The van der Waals surface area contributed by atoms with Crippen molar-refractivity contribution in [2.45, 2.75) is 19.9 Å². The van der Waals surface area contributed by atoms with Gasteiger partial charge >= 0.3 is 11.9 Å². The molecular weight excluding hydrogens is 226 g/mol. The predicted octanol–water partition coefficient (Wildman–Crippen LogP) is -0.0290. The number of carbonyl (C=O) groups is 2. The molecule has 17 heavy (non-hydrogen) atoms. The van der Waals surface area contributed by atoms with Gasteiger partial charge < -0.3 is 14.6 Å². The van der Waals surface area contributed by atoms with E-state index in [1.807, 2.05) is 4.90 Å². The summed E-state index contributed by atoms with van der Waals surface area (Å²) in [6.45, 7) is 4.87. The molecule has 0 saturated carbocycles. The van der Waals surface area contributed by atoms with Crippen LogP contribution in [0.15, 0.2) is 0 Å². The molecule has 1 unspecified atom stereocenters. The first-order valence-electron chi connectivity index (χ1n) is 5.51. The number of ether oxygens (including phenoxy) is 2. The summed E-state index contributed by atoms with van der Waals surface area (Å²) in [5.74, 6) is -1.27. The largest absolute Gasteiger partial charge is 0.481 e. The number of morpholine rings is 1. The standard InChI is InChI=1S/C11H19NO5/c1-11(2,10(14)15)7-12-4-5-17-6-8(12)9(13)16-3/h8H,4-7H2,1-3H3,(H,14,15). The van der Waals surface area contributed by atoms with Crippen LogP contribution in [0.2, 0.25) is 0 Å². The van der Waals surface area contributed by atoms with Gasteiger partial charge in [-0.05, 0) is 13.8 Å². The van der Waals surface area contributed by atoms with Crippen LogP contribution in [0.3, 0.4) is 0 Å². The molecule has 1 aliphatic rings. The first-order valence-corrected chi connectivity index (χ1v) is 5.51. The highest BCUT2D eigenvalue weighted by Gasteiger charge is 2.37. The number of hydrogen-bond donors (Lipinski definition) is 1. The normalized spacial score (nSPS) is 22.2. The minimum Gasteiger partial charge on any atom is -0.481 e. The van der Waals surface area contributed by atoms with Crippen LogP contribution < -0.4 is 0 Å². The Labute approximate surface area is 100 Å². The van der Waals surface area contributed by atoms with Crippen molar-refractivity contribution in [2.75, 3.05) is 33.4 Å². The minimum atomic E-state index is -0.899. The number of nitrogens with zero attached hydrogens (tertiary/aromatic N) is 1. The molecule has 0 bridgehead atoms. The van der Waals surface area contributed by atoms with E-state index < -0.39 is 17.4 Å². The van der Waals surface area contributed by atoms with Crippen LogP contribution in [0.4, 0.5) is 0 Å². The van der Waals surface area contributed by atoms with E-state index in [-0.39, 0.29) is 12.6 Å². The fraction of sp³-hybridized carbons (Fsp3) is 0.818. The molecule has 1 atom stereocenters. The van der Waals surface area contributed by atoms with Gasteiger partial charge in [-0.15, -0.1) is 0 Å². The van der Waals surface area contributed by atoms with Gasteiger partial charge in [0.05, 0.1) is 25.7 Å².